The van der Waals surface area contributed by atoms with Crippen LogP contribution in [-0.4, -0.2) is 55.9 Å². The van der Waals surface area contributed by atoms with E-state index in [2.05, 4.69) is 27.9 Å². The van der Waals surface area contributed by atoms with E-state index in [1.165, 1.54) is 0 Å². The maximum atomic E-state index is 12.4. The molecule has 2 rings (SSSR count). The van der Waals surface area contributed by atoms with Crippen molar-refractivity contribution in [2.24, 2.45) is 10.9 Å². The Morgan fingerprint density at radius 3 is 2.77 bits per heavy atom. The topological polar surface area (TPSA) is 95.0 Å². The molecule has 1 aromatic carbocycles. The number of aliphatic hydroxyl groups is 1. The molecule has 8 heteroatoms. The zero-order valence-electron chi connectivity index (χ0n) is 18.9. The highest BCUT2D eigenvalue weighted by atomic mass is 127. The number of guanidine groups is 1. The van der Waals surface area contributed by atoms with Crippen molar-refractivity contribution < 1.29 is 14.6 Å². The van der Waals surface area contributed by atoms with Gasteiger partial charge in [-0.3, -0.25) is 4.79 Å². The summed E-state index contributed by atoms with van der Waals surface area (Å²) >= 11 is 0. The highest BCUT2D eigenvalue weighted by molar-refractivity contribution is 14.0. The Balaban J connectivity index is 0.00000480. The molecule has 7 nitrogen and oxygen atoms in total. The second-order valence-corrected chi connectivity index (χ2v) is 7.79. The molecule has 1 fully saturated rings. The Labute approximate surface area is 203 Å². The first kappa shape index (κ1) is 27.6. The van der Waals surface area contributed by atoms with Gasteiger partial charge in [-0.1, -0.05) is 25.5 Å². The van der Waals surface area contributed by atoms with E-state index < -0.39 is 0 Å². The number of carbonyl (C=O) groups is 1. The molecule has 1 saturated heterocycles. The Hall–Kier alpha value is -1.39. The van der Waals surface area contributed by atoms with Crippen LogP contribution in [0.15, 0.2) is 29.3 Å². The highest BCUT2D eigenvalue weighted by Crippen LogP contribution is 2.12. The van der Waals surface area contributed by atoms with Crippen LogP contribution in [-0.2, 0) is 11.3 Å². The van der Waals surface area contributed by atoms with E-state index in [1.807, 2.05) is 31.2 Å². The van der Waals surface area contributed by atoms with Gasteiger partial charge >= 0.3 is 0 Å². The van der Waals surface area contributed by atoms with Crippen LogP contribution >= 0.6 is 24.0 Å². The van der Waals surface area contributed by atoms with Crippen LogP contribution in [0, 0.1) is 5.92 Å². The van der Waals surface area contributed by atoms with Gasteiger partial charge < -0.3 is 25.8 Å². The number of amides is 1. The fourth-order valence-electron chi connectivity index (χ4n) is 3.62. The summed E-state index contributed by atoms with van der Waals surface area (Å²) in [6, 6.07) is 7.59. The minimum atomic E-state index is -0.0761. The van der Waals surface area contributed by atoms with Crippen molar-refractivity contribution in [1.29, 1.82) is 0 Å². The number of benzene rings is 1. The molecule has 2 unspecified atom stereocenters. The van der Waals surface area contributed by atoms with Crippen molar-refractivity contribution in [2.45, 2.75) is 58.6 Å². The lowest BCUT2D eigenvalue weighted by Crippen LogP contribution is -2.40. The lowest BCUT2D eigenvalue weighted by molar-refractivity contribution is 0.0857. The van der Waals surface area contributed by atoms with Gasteiger partial charge in [-0.15, -0.1) is 24.0 Å². The number of aliphatic imine (C=N–C) groups is 1. The molecule has 31 heavy (non-hydrogen) atoms. The average molecular weight is 546 g/mol. The summed E-state index contributed by atoms with van der Waals surface area (Å²) in [5, 5.41) is 18.9. The predicted octanol–water partition coefficient (Wildman–Crippen LogP) is 3.07. The molecule has 1 heterocycles. The van der Waals surface area contributed by atoms with Gasteiger partial charge in [0.25, 0.3) is 5.91 Å². The Bertz CT molecular complexity index is 660. The number of nitrogens with one attached hydrogen (secondary N) is 3. The molecule has 0 bridgehead atoms. The van der Waals surface area contributed by atoms with E-state index in [-0.39, 0.29) is 42.6 Å². The fraction of sp³-hybridized carbons (Fsp3) is 0.652. The Morgan fingerprint density at radius 2 is 2.10 bits per heavy atom. The lowest BCUT2D eigenvalue weighted by atomic mass is 10.0. The van der Waals surface area contributed by atoms with Crippen LogP contribution in [0.2, 0.25) is 0 Å². The molecule has 1 aliphatic rings. The minimum absolute atomic E-state index is 0. The molecule has 0 aliphatic carbocycles. The third-order valence-corrected chi connectivity index (χ3v) is 5.26. The van der Waals surface area contributed by atoms with E-state index in [0.717, 1.165) is 63.3 Å². The van der Waals surface area contributed by atoms with Crippen molar-refractivity contribution in [3.63, 3.8) is 0 Å². The van der Waals surface area contributed by atoms with Crippen molar-refractivity contribution in [3.05, 3.63) is 35.4 Å². The average Bonchev–Trinajstić information content (AvgIpc) is 3.28. The van der Waals surface area contributed by atoms with Gasteiger partial charge in [0, 0.05) is 38.4 Å². The van der Waals surface area contributed by atoms with Crippen LogP contribution < -0.4 is 16.0 Å². The number of nitrogens with zero attached hydrogens (tertiary/aromatic N) is 1. The molecule has 0 radical (unpaired) electrons. The van der Waals surface area contributed by atoms with Crippen molar-refractivity contribution in [1.82, 2.24) is 16.0 Å². The van der Waals surface area contributed by atoms with Crippen LogP contribution in [0.25, 0.3) is 0 Å². The van der Waals surface area contributed by atoms with Crippen molar-refractivity contribution >= 4 is 35.8 Å². The standard InChI is InChI=1S/C23H38N4O3.HI/c1-3-7-18(11-12-28)15-26-23(24-4-2)27-16-19-8-5-9-20(14-19)22(29)25-17-21-10-6-13-30-21;/h5,8-9,14,18,21,28H,3-4,6-7,10-13,15-17H2,1-2H3,(H,25,29)(H2,24,26,27);1H. The summed E-state index contributed by atoms with van der Waals surface area (Å²) in [5.41, 5.74) is 1.63. The van der Waals surface area contributed by atoms with Gasteiger partial charge in [0.15, 0.2) is 5.96 Å². The normalized spacial score (nSPS) is 17.0. The summed E-state index contributed by atoms with van der Waals surface area (Å²) in [5.74, 6) is 1.11. The first-order chi connectivity index (χ1) is 14.7. The molecule has 2 atom stereocenters. The fourth-order valence-corrected chi connectivity index (χ4v) is 3.62. The van der Waals surface area contributed by atoms with Crippen LogP contribution in [0.4, 0.5) is 0 Å². The smallest absolute Gasteiger partial charge is 0.251 e. The Morgan fingerprint density at radius 1 is 1.26 bits per heavy atom. The highest BCUT2D eigenvalue weighted by Gasteiger charge is 2.16. The monoisotopic (exact) mass is 546 g/mol. The third-order valence-electron chi connectivity index (χ3n) is 5.26. The Kier molecular flexibility index (Phi) is 14.5. The number of hydrogen-bond acceptors (Lipinski definition) is 4. The SMILES string of the molecule is CCCC(CCO)CNC(=NCc1cccc(C(=O)NCC2CCCO2)c1)NCC.I. The summed E-state index contributed by atoms with van der Waals surface area (Å²) in [6.07, 6.45) is 5.18. The van der Waals surface area contributed by atoms with Crippen LogP contribution in [0.5, 0.6) is 0 Å². The van der Waals surface area contributed by atoms with Gasteiger partial charge in [0.05, 0.1) is 12.6 Å². The van der Waals surface area contributed by atoms with Crippen LogP contribution in [0.1, 0.15) is 61.9 Å². The number of ether oxygens (including phenoxy) is 1. The quantitative estimate of drug-likeness (QED) is 0.184. The molecule has 1 amide bonds. The number of hydrogen-bond donors (Lipinski definition) is 4. The molecule has 0 spiro atoms. The van der Waals surface area contributed by atoms with Gasteiger partial charge in [-0.25, -0.2) is 4.99 Å². The van der Waals surface area contributed by atoms with Gasteiger partial charge in [0.1, 0.15) is 0 Å². The minimum Gasteiger partial charge on any atom is -0.396 e. The lowest BCUT2D eigenvalue weighted by Gasteiger charge is -2.18. The van der Waals surface area contributed by atoms with Gasteiger partial charge in [0.2, 0.25) is 0 Å². The molecule has 4 N–H and O–H groups in total. The third kappa shape index (κ3) is 10.7. The van der Waals surface area contributed by atoms with E-state index in [0.29, 0.717) is 24.6 Å². The number of aliphatic hydroxyl groups excluding tert-OH is 1. The molecular weight excluding hydrogens is 507 g/mol. The first-order valence-corrected chi connectivity index (χ1v) is 11.3. The van der Waals surface area contributed by atoms with Crippen molar-refractivity contribution in [2.75, 3.05) is 32.8 Å². The largest absolute Gasteiger partial charge is 0.396 e. The molecule has 0 saturated carbocycles. The predicted molar refractivity (Wildman–Crippen MR) is 136 cm³/mol. The summed E-state index contributed by atoms with van der Waals surface area (Å²) in [7, 11) is 0. The molecule has 0 aromatic heterocycles. The van der Waals surface area contributed by atoms with Gasteiger partial charge in [-0.05, 0) is 56.2 Å². The second kappa shape index (κ2) is 16.3. The summed E-state index contributed by atoms with van der Waals surface area (Å²) in [4.78, 5) is 17.1. The maximum absolute atomic E-state index is 12.4. The van der Waals surface area contributed by atoms with E-state index in [4.69, 9.17) is 4.74 Å². The molecule has 176 valence electrons. The van der Waals surface area contributed by atoms with E-state index in [9.17, 15) is 9.90 Å². The number of rotatable bonds is 12. The zero-order valence-corrected chi connectivity index (χ0v) is 21.2. The molecule has 1 aromatic rings. The van der Waals surface area contributed by atoms with E-state index in [1.54, 1.807) is 0 Å². The van der Waals surface area contributed by atoms with Crippen LogP contribution in [0.3, 0.4) is 0 Å². The molecule has 1 aliphatic heterocycles. The zero-order chi connectivity index (χ0) is 21.6. The number of carbonyl (C=O) groups excluding carboxylic acids is 1. The first-order valence-electron chi connectivity index (χ1n) is 11.3. The van der Waals surface area contributed by atoms with Gasteiger partial charge in [-0.2, -0.15) is 0 Å². The van der Waals surface area contributed by atoms with E-state index >= 15 is 0 Å². The molecular formula is C23H39IN4O3. The second-order valence-electron chi connectivity index (χ2n) is 7.79. The van der Waals surface area contributed by atoms with Crippen molar-refractivity contribution in [3.8, 4) is 0 Å². The number of halogens is 1. The summed E-state index contributed by atoms with van der Waals surface area (Å²) in [6.45, 7) is 7.79. The maximum Gasteiger partial charge on any atom is 0.251 e. The summed E-state index contributed by atoms with van der Waals surface area (Å²) < 4.78 is 5.56.